The van der Waals surface area contributed by atoms with Crippen molar-refractivity contribution in [2.75, 3.05) is 19.6 Å². The molecule has 2 atom stereocenters. The lowest BCUT2D eigenvalue weighted by atomic mass is 9.82. The van der Waals surface area contributed by atoms with Gasteiger partial charge in [-0.05, 0) is 30.5 Å². The molecule has 0 radical (unpaired) electrons. The van der Waals surface area contributed by atoms with Gasteiger partial charge in [0.05, 0.1) is 6.20 Å². The molecule has 0 amide bonds. The van der Waals surface area contributed by atoms with Crippen molar-refractivity contribution in [3.63, 3.8) is 0 Å². The minimum atomic E-state index is -0.159. The molecule has 4 rings (SSSR count). The Morgan fingerprint density at radius 2 is 2.17 bits per heavy atom. The highest BCUT2D eigenvalue weighted by atomic mass is 35.5. The van der Waals surface area contributed by atoms with E-state index in [1.165, 1.54) is 11.6 Å². The molecule has 2 fully saturated rings. The third-order valence-corrected chi connectivity index (χ3v) is 5.50. The van der Waals surface area contributed by atoms with E-state index >= 15 is 0 Å². The van der Waals surface area contributed by atoms with Crippen LogP contribution in [0.25, 0.3) is 0 Å². The second kappa shape index (κ2) is 6.47. The van der Waals surface area contributed by atoms with Crippen molar-refractivity contribution in [3.05, 3.63) is 52.6 Å². The van der Waals surface area contributed by atoms with Gasteiger partial charge < -0.3 is 0 Å². The number of hydrogen-bond acceptors (Lipinski definition) is 3. The molecular weight excluding hydrogens is 327 g/mol. The molecule has 0 N–H and O–H groups in total. The van der Waals surface area contributed by atoms with Crippen molar-refractivity contribution in [2.45, 2.75) is 25.6 Å². The average molecular weight is 349 g/mol. The molecule has 2 aliphatic heterocycles. The Bertz CT molecular complexity index is 732. The topological polar surface area (TPSA) is 24.3 Å². The van der Waals surface area contributed by atoms with Crippen LogP contribution in [0.3, 0.4) is 0 Å². The molecule has 2 saturated heterocycles. The minimum Gasteiger partial charge on any atom is -0.299 e. The summed E-state index contributed by atoms with van der Waals surface area (Å²) >= 11 is 6.00. The van der Waals surface area contributed by atoms with Crippen LogP contribution in [0.2, 0.25) is 5.02 Å². The first kappa shape index (κ1) is 16.1. The second-order valence-corrected chi connectivity index (χ2v) is 7.48. The van der Waals surface area contributed by atoms with E-state index in [2.05, 4.69) is 21.1 Å². The van der Waals surface area contributed by atoms with E-state index in [-0.39, 0.29) is 5.82 Å². The van der Waals surface area contributed by atoms with Crippen molar-refractivity contribution in [3.8, 4) is 0 Å². The predicted octanol–water partition coefficient (Wildman–Crippen LogP) is 2.92. The number of nitrogens with zero attached hydrogens (tertiary/aromatic N) is 4. The summed E-state index contributed by atoms with van der Waals surface area (Å²) in [6, 6.07) is 5.47. The summed E-state index contributed by atoms with van der Waals surface area (Å²) in [6.07, 6.45) is 5.18. The fourth-order valence-electron chi connectivity index (χ4n) is 4.07. The van der Waals surface area contributed by atoms with Crippen molar-refractivity contribution in [1.82, 2.24) is 19.6 Å². The molecule has 24 heavy (non-hydrogen) atoms. The van der Waals surface area contributed by atoms with Gasteiger partial charge >= 0.3 is 0 Å². The summed E-state index contributed by atoms with van der Waals surface area (Å²) < 4.78 is 15.8. The van der Waals surface area contributed by atoms with Gasteiger partial charge in [-0.2, -0.15) is 5.10 Å². The number of aromatic nitrogens is 2. The van der Waals surface area contributed by atoms with Crippen molar-refractivity contribution in [1.29, 1.82) is 0 Å². The van der Waals surface area contributed by atoms with Crippen LogP contribution in [0.5, 0.6) is 0 Å². The number of halogens is 2. The molecule has 2 aliphatic rings. The molecular formula is C18H22ClFN4. The molecule has 0 spiro atoms. The van der Waals surface area contributed by atoms with E-state index in [0.29, 0.717) is 29.1 Å². The van der Waals surface area contributed by atoms with Crippen LogP contribution in [-0.4, -0.2) is 45.3 Å². The average Bonchev–Trinajstić information content (AvgIpc) is 2.94. The fourth-order valence-corrected chi connectivity index (χ4v) is 4.27. The van der Waals surface area contributed by atoms with Gasteiger partial charge in [0.2, 0.25) is 0 Å². The molecule has 0 unspecified atom stereocenters. The molecule has 0 aliphatic carbocycles. The van der Waals surface area contributed by atoms with Crippen molar-refractivity contribution < 1.29 is 4.39 Å². The predicted molar refractivity (Wildman–Crippen MR) is 92.2 cm³/mol. The zero-order valence-electron chi connectivity index (χ0n) is 13.8. The van der Waals surface area contributed by atoms with E-state index in [0.717, 1.165) is 32.6 Å². The zero-order valence-corrected chi connectivity index (χ0v) is 14.6. The van der Waals surface area contributed by atoms with E-state index < -0.39 is 0 Å². The third kappa shape index (κ3) is 3.21. The number of benzene rings is 1. The van der Waals surface area contributed by atoms with Gasteiger partial charge in [0.25, 0.3) is 0 Å². The molecule has 1 aromatic heterocycles. The smallest absolute Gasteiger partial charge is 0.127 e. The van der Waals surface area contributed by atoms with E-state index in [4.69, 9.17) is 11.6 Å². The molecule has 2 aromatic rings. The zero-order chi connectivity index (χ0) is 16.7. The highest BCUT2D eigenvalue weighted by molar-refractivity contribution is 6.30. The Morgan fingerprint density at radius 3 is 2.92 bits per heavy atom. The van der Waals surface area contributed by atoms with E-state index in [1.807, 2.05) is 17.9 Å². The van der Waals surface area contributed by atoms with Crippen LogP contribution in [0.4, 0.5) is 4.39 Å². The van der Waals surface area contributed by atoms with Crippen LogP contribution in [0.1, 0.15) is 17.5 Å². The normalized spacial score (nSPS) is 24.6. The highest BCUT2D eigenvalue weighted by Crippen LogP contribution is 2.34. The minimum absolute atomic E-state index is 0.159. The largest absolute Gasteiger partial charge is 0.299 e. The Hall–Kier alpha value is -1.43. The van der Waals surface area contributed by atoms with Gasteiger partial charge in [0, 0.05) is 68.2 Å². The number of fused-ring (bicyclic) bond motifs is 1. The molecule has 4 nitrogen and oxygen atoms in total. The van der Waals surface area contributed by atoms with Gasteiger partial charge in [0.15, 0.2) is 0 Å². The second-order valence-electron chi connectivity index (χ2n) is 7.04. The summed E-state index contributed by atoms with van der Waals surface area (Å²) in [6.45, 7) is 4.81. The monoisotopic (exact) mass is 348 g/mol. The molecule has 0 saturated carbocycles. The van der Waals surface area contributed by atoms with Gasteiger partial charge in [-0.25, -0.2) is 4.39 Å². The van der Waals surface area contributed by atoms with Crippen molar-refractivity contribution in [2.24, 2.45) is 13.0 Å². The van der Waals surface area contributed by atoms with Crippen molar-refractivity contribution >= 4 is 11.6 Å². The Kier molecular flexibility index (Phi) is 4.33. The standard InChI is InChI=1S/C18H22ClFN4/c1-22-8-13(7-21-22)9-24-12-15-11-23(5-4-18(15)24)10-14-6-16(19)2-3-17(14)20/h2-3,6-8,15,18H,4-5,9-12H2,1H3/t15-,18-/m0/s1. The lowest BCUT2D eigenvalue weighted by molar-refractivity contribution is -0.0508. The van der Waals surface area contributed by atoms with Gasteiger partial charge in [-0.1, -0.05) is 11.6 Å². The van der Waals surface area contributed by atoms with Gasteiger partial charge in [0.1, 0.15) is 5.82 Å². The first-order valence-electron chi connectivity index (χ1n) is 8.46. The summed E-state index contributed by atoms with van der Waals surface area (Å²) in [5.74, 6) is 0.533. The number of aryl methyl sites for hydroxylation is 1. The highest BCUT2D eigenvalue weighted by Gasteiger charge is 2.42. The van der Waals surface area contributed by atoms with Crippen LogP contribution in [-0.2, 0) is 20.1 Å². The summed E-state index contributed by atoms with van der Waals surface area (Å²) in [7, 11) is 1.95. The van der Waals surface area contributed by atoms with Crippen LogP contribution in [0, 0.1) is 11.7 Å². The first-order chi connectivity index (χ1) is 11.6. The lowest BCUT2D eigenvalue weighted by Crippen LogP contribution is -2.62. The SMILES string of the molecule is Cn1cc(CN2C[C@@H]3CN(Cc4cc(Cl)ccc4F)CC[C@@H]32)cn1. The summed E-state index contributed by atoms with van der Waals surface area (Å²) in [5, 5.41) is 4.85. The maximum Gasteiger partial charge on any atom is 0.127 e. The van der Waals surface area contributed by atoms with E-state index in [9.17, 15) is 4.39 Å². The maximum atomic E-state index is 13.9. The number of likely N-dealkylation sites (tertiary alicyclic amines) is 2. The Morgan fingerprint density at radius 1 is 1.29 bits per heavy atom. The number of rotatable bonds is 4. The van der Waals surface area contributed by atoms with E-state index in [1.54, 1.807) is 12.1 Å². The van der Waals surface area contributed by atoms with Gasteiger partial charge in [-0.3, -0.25) is 14.5 Å². The maximum absolute atomic E-state index is 13.9. The molecule has 0 bridgehead atoms. The Labute approximate surface area is 146 Å². The molecule has 6 heteroatoms. The summed E-state index contributed by atoms with van der Waals surface area (Å²) in [5.41, 5.74) is 1.98. The lowest BCUT2D eigenvalue weighted by Gasteiger charge is -2.53. The van der Waals surface area contributed by atoms with Crippen LogP contribution < -0.4 is 0 Å². The van der Waals surface area contributed by atoms with Crippen LogP contribution >= 0.6 is 11.6 Å². The first-order valence-corrected chi connectivity index (χ1v) is 8.84. The Balaban J connectivity index is 1.33. The summed E-state index contributed by atoms with van der Waals surface area (Å²) in [4.78, 5) is 4.90. The quantitative estimate of drug-likeness (QED) is 0.849. The fraction of sp³-hybridized carbons (Fsp3) is 0.500. The molecule has 128 valence electrons. The number of hydrogen-bond donors (Lipinski definition) is 0. The van der Waals surface area contributed by atoms with Gasteiger partial charge in [-0.15, -0.1) is 0 Å². The molecule has 3 heterocycles. The molecule has 1 aromatic carbocycles. The third-order valence-electron chi connectivity index (χ3n) is 5.26. The number of piperidine rings is 1. The van der Waals surface area contributed by atoms with Crippen LogP contribution in [0.15, 0.2) is 30.6 Å².